The smallest absolute Gasteiger partial charge is 0.270 e. The van der Waals surface area contributed by atoms with Gasteiger partial charge in [-0.05, 0) is 17.7 Å². The standard InChI is InChI=1S/C14H17N3O3S/c1-20-10-4-2-3-9(5-10)12(18)7-16-14(19)11-8-21-13(6-15)17-11/h2-5,8,12,18H,6-7,15H2,1H3,(H,16,19). The average molecular weight is 307 g/mol. The van der Waals surface area contributed by atoms with E-state index in [9.17, 15) is 9.90 Å². The lowest BCUT2D eigenvalue weighted by Gasteiger charge is -2.12. The van der Waals surface area contributed by atoms with Crippen LogP contribution < -0.4 is 15.8 Å². The summed E-state index contributed by atoms with van der Waals surface area (Å²) in [5, 5.41) is 15.1. The number of thiazole rings is 1. The maximum atomic E-state index is 11.9. The quantitative estimate of drug-likeness (QED) is 0.742. The van der Waals surface area contributed by atoms with E-state index < -0.39 is 6.10 Å². The third-order valence-electron chi connectivity index (χ3n) is 2.89. The summed E-state index contributed by atoms with van der Waals surface area (Å²) in [5.41, 5.74) is 6.45. The van der Waals surface area contributed by atoms with Gasteiger partial charge in [-0.1, -0.05) is 12.1 Å². The minimum atomic E-state index is -0.809. The topological polar surface area (TPSA) is 97.5 Å². The van der Waals surface area contributed by atoms with E-state index in [-0.39, 0.29) is 12.5 Å². The number of hydrogen-bond acceptors (Lipinski definition) is 6. The molecule has 0 aliphatic carbocycles. The number of methoxy groups -OCH3 is 1. The van der Waals surface area contributed by atoms with Gasteiger partial charge in [0.05, 0.1) is 13.2 Å². The summed E-state index contributed by atoms with van der Waals surface area (Å²) in [6, 6.07) is 7.08. The van der Waals surface area contributed by atoms with Gasteiger partial charge in [-0.2, -0.15) is 0 Å². The highest BCUT2D eigenvalue weighted by Crippen LogP contribution is 2.18. The predicted molar refractivity (Wildman–Crippen MR) is 80.3 cm³/mol. The molecule has 1 heterocycles. The van der Waals surface area contributed by atoms with Crippen LogP contribution >= 0.6 is 11.3 Å². The number of nitrogens with zero attached hydrogens (tertiary/aromatic N) is 1. The number of rotatable bonds is 6. The molecule has 1 aromatic heterocycles. The molecule has 0 saturated carbocycles. The summed E-state index contributed by atoms with van der Waals surface area (Å²) < 4.78 is 5.10. The van der Waals surface area contributed by atoms with Crippen molar-refractivity contribution in [3.63, 3.8) is 0 Å². The van der Waals surface area contributed by atoms with Crippen molar-refractivity contribution in [1.82, 2.24) is 10.3 Å². The summed E-state index contributed by atoms with van der Waals surface area (Å²) in [7, 11) is 1.56. The van der Waals surface area contributed by atoms with Crippen LogP contribution in [0.5, 0.6) is 5.75 Å². The Morgan fingerprint density at radius 2 is 2.38 bits per heavy atom. The molecule has 6 nitrogen and oxygen atoms in total. The molecule has 0 fully saturated rings. The molecule has 1 amide bonds. The normalized spacial score (nSPS) is 12.0. The Bertz CT molecular complexity index is 615. The second-order valence-electron chi connectivity index (χ2n) is 4.33. The number of aliphatic hydroxyl groups excluding tert-OH is 1. The number of ether oxygens (including phenoxy) is 1. The fourth-order valence-corrected chi connectivity index (χ4v) is 2.41. The highest BCUT2D eigenvalue weighted by Gasteiger charge is 2.13. The second-order valence-corrected chi connectivity index (χ2v) is 5.28. The molecule has 1 aromatic carbocycles. The van der Waals surface area contributed by atoms with E-state index in [2.05, 4.69) is 10.3 Å². The van der Waals surface area contributed by atoms with Gasteiger partial charge in [-0.25, -0.2) is 4.98 Å². The zero-order valence-electron chi connectivity index (χ0n) is 11.6. The van der Waals surface area contributed by atoms with Crippen molar-refractivity contribution >= 4 is 17.2 Å². The molecule has 0 aliphatic rings. The third kappa shape index (κ3) is 4.01. The Morgan fingerprint density at radius 3 is 3.05 bits per heavy atom. The minimum absolute atomic E-state index is 0.0987. The van der Waals surface area contributed by atoms with Crippen LogP contribution in [0, 0.1) is 0 Å². The Labute approximate surface area is 126 Å². The number of carbonyl (C=O) groups excluding carboxylic acids is 1. The molecule has 4 N–H and O–H groups in total. The lowest BCUT2D eigenvalue weighted by atomic mass is 10.1. The van der Waals surface area contributed by atoms with Crippen LogP contribution in [0.15, 0.2) is 29.6 Å². The zero-order valence-corrected chi connectivity index (χ0v) is 12.4. The van der Waals surface area contributed by atoms with Crippen molar-refractivity contribution in [2.24, 2.45) is 5.73 Å². The molecule has 1 atom stereocenters. The lowest BCUT2D eigenvalue weighted by molar-refractivity contribution is 0.0912. The van der Waals surface area contributed by atoms with Gasteiger partial charge in [0.2, 0.25) is 0 Å². The summed E-state index contributed by atoms with van der Waals surface area (Å²) >= 11 is 1.34. The van der Waals surface area contributed by atoms with Gasteiger partial charge < -0.3 is 20.9 Å². The van der Waals surface area contributed by atoms with E-state index in [1.165, 1.54) is 11.3 Å². The maximum absolute atomic E-state index is 11.9. The predicted octanol–water partition coefficient (Wildman–Crippen LogP) is 1.07. The average Bonchev–Trinajstić information content (AvgIpc) is 3.01. The van der Waals surface area contributed by atoms with Crippen LogP contribution in [0.2, 0.25) is 0 Å². The zero-order chi connectivity index (χ0) is 15.2. The first-order chi connectivity index (χ1) is 10.1. The van der Waals surface area contributed by atoms with Crippen LogP contribution in [0.1, 0.15) is 27.2 Å². The van der Waals surface area contributed by atoms with E-state index in [1.807, 2.05) is 0 Å². The van der Waals surface area contributed by atoms with E-state index in [1.54, 1.807) is 36.8 Å². The fraction of sp³-hybridized carbons (Fsp3) is 0.286. The Morgan fingerprint density at radius 1 is 1.57 bits per heavy atom. The summed E-state index contributed by atoms with van der Waals surface area (Å²) in [5.74, 6) is 0.331. The number of nitrogens with one attached hydrogen (secondary N) is 1. The number of hydrogen-bond donors (Lipinski definition) is 3. The highest BCUT2D eigenvalue weighted by molar-refractivity contribution is 7.09. The largest absolute Gasteiger partial charge is 0.497 e. The van der Waals surface area contributed by atoms with Crippen molar-refractivity contribution in [3.8, 4) is 5.75 Å². The van der Waals surface area contributed by atoms with Crippen LogP contribution in [0.4, 0.5) is 0 Å². The number of carbonyl (C=O) groups is 1. The molecule has 21 heavy (non-hydrogen) atoms. The molecular formula is C14H17N3O3S. The molecule has 0 bridgehead atoms. The van der Waals surface area contributed by atoms with E-state index in [0.29, 0.717) is 28.6 Å². The van der Waals surface area contributed by atoms with Gasteiger partial charge in [0.15, 0.2) is 0 Å². The molecule has 1 unspecified atom stereocenters. The molecule has 0 radical (unpaired) electrons. The van der Waals surface area contributed by atoms with Crippen molar-refractivity contribution < 1.29 is 14.6 Å². The molecule has 0 saturated heterocycles. The molecule has 0 aliphatic heterocycles. The second kappa shape index (κ2) is 7.16. The summed E-state index contributed by atoms with van der Waals surface area (Å²) in [4.78, 5) is 16.0. The van der Waals surface area contributed by atoms with E-state index in [0.717, 1.165) is 0 Å². The number of aliphatic hydroxyl groups is 1. The van der Waals surface area contributed by atoms with Gasteiger partial charge >= 0.3 is 0 Å². The van der Waals surface area contributed by atoms with Gasteiger partial charge in [-0.15, -0.1) is 11.3 Å². The number of benzene rings is 1. The Balaban J connectivity index is 1.93. The van der Waals surface area contributed by atoms with Gasteiger partial charge in [-0.3, -0.25) is 4.79 Å². The maximum Gasteiger partial charge on any atom is 0.270 e. The molecule has 2 aromatic rings. The van der Waals surface area contributed by atoms with Crippen molar-refractivity contribution in [2.75, 3.05) is 13.7 Å². The number of aromatic nitrogens is 1. The van der Waals surface area contributed by atoms with E-state index >= 15 is 0 Å². The van der Waals surface area contributed by atoms with Gasteiger partial charge in [0.1, 0.15) is 16.5 Å². The molecule has 0 spiro atoms. The fourth-order valence-electron chi connectivity index (χ4n) is 1.76. The van der Waals surface area contributed by atoms with Crippen LogP contribution in [-0.2, 0) is 6.54 Å². The van der Waals surface area contributed by atoms with Crippen molar-refractivity contribution in [3.05, 3.63) is 45.9 Å². The highest BCUT2D eigenvalue weighted by atomic mass is 32.1. The molecule has 112 valence electrons. The van der Waals surface area contributed by atoms with Gasteiger partial charge in [0, 0.05) is 18.5 Å². The molecule has 7 heteroatoms. The first kappa shape index (κ1) is 15.4. The lowest BCUT2D eigenvalue weighted by Crippen LogP contribution is -2.28. The Hall–Kier alpha value is -1.96. The molecular weight excluding hydrogens is 290 g/mol. The van der Waals surface area contributed by atoms with Crippen LogP contribution in [0.3, 0.4) is 0 Å². The summed E-state index contributed by atoms with van der Waals surface area (Å²) in [6.45, 7) is 0.409. The van der Waals surface area contributed by atoms with E-state index in [4.69, 9.17) is 10.5 Å². The van der Waals surface area contributed by atoms with Gasteiger partial charge in [0.25, 0.3) is 5.91 Å². The third-order valence-corrected chi connectivity index (χ3v) is 3.76. The van der Waals surface area contributed by atoms with Crippen LogP contribution in [-0.4, -0.2) is 29.7 Å². The first-order valence-electron chi connectivity index (χ1n) is 6.38. The minimum Gasteiger partial charge on any atom is -0.497 e. The molecule has 2 rings (SSSR count). The SMILES string of the molecule is COc1cccc(C(O)CNC(=O)c2csc(CN)n2)c1. The number of nitrogens with two attached hydrogens (primary N) is 1. The Kier molecular flexibility index (Phi) is 5.26. The van der Waals surface area contributed by atoms with Crippen LogP contribution in [0.25, 0.3) is 0 Å². The monoisotopic (exact) mass is 307 g/mol. The van der Waals surface area contributed by atoms with Crippen molar-refractivity contribution in [2.45, 2.75) is 12.6 Å². The van der Waals surface area contributed by atoms with Crippen molar-refractivity contribution in [1.29, 1.82) is 0 Å². The number of amides is 1. The first-order valence-corrected chi connectivity index (χ1v) is 7.26. The summed E-state index contributed by atoms with van der Waals surface area (Å²) in [6.07, 6.45) is -0.809.